The molecule has 0 atom stereocenters. The molecule has 0 N–H and O–H groups in total. The Balaban J connectivity index is 1.90. The van der Waals surface area contributed by atoms with Crippen molar-refractivity contribution >= 4 is 6.29 Å². The number of carbonyl (C=O) groups excluding carboxylic acids is 1. The average Bonchev–Trinajstić information content (AvgIpc) is 2.57. The van der Waals surface area contributed by atoms with Crippen LogP contribution in [0.15, 0.2) is 0 Å². The van der Waals surface area contributed by atoms with Gasteiger partial charge in [0.2, 0.25) is 0 Å². The molecular formula is C12H21NO2. The van der Waals surface area contributed by atoms with Gasteiger partial charge in [-0.2, -0.15) is 0 Å². The Morgan fingerprint density at radius 2 is 1.93 bits per heavy atom. The molecule has 1 saturated carbocycles. The van der Waals surface area contributed by atoms with E-state index < -0.39 is 0 Å². The fourth-order valence-electron chi connectivity index (χ4n) is 2.79. The van der Waals surface area contributed by atoms with Crippen LogP contribution in [0.3, 0.4) is 0 Å². The number of aldehydes is 1. The second-order valence-electron chi connectivity index (χ2n) is 4.93. The molecule has 0 aromatic carbocycles. The molecule has 1 aliphatic heterocycles. The molecule has 0 spiro atoms. The molecule has 0 unspecified atom stereocenters. The second-order valence-corrected chi connectivity index (χ2v) is 4.93. The molecular weight excluding hydrogens is 190 g/mol. The quantitative estimate of drug-likeness (QED) is 0.662. The zero-order chi connectivity index (χ0) is 10.6. The summed E-state index contributed by atoms with van der Waals surface area (Å²) >= 11 is 0. The maximum absolute atomic E-state index is 11.2. The maximum Gasteiger partial charge on any atom is 0.127 e. The van der Waals surface area contributed by atoms with E-state index in [1.54, 1.807) is 0 Å². The number of nitrogens with zero attached hydrogens (tertiary/aromatic N) is 1. The molecule has 0 bridgehead atoms. The smallest absolute Gasteiger partial charge is 0.127 e. The molecule has 3 heteroatoms. The Morgan fingerprint density at radius 3 is 2.67 bits per heavy atom. The Bertz CT molecular complexity index is 204. The molecule has 0 radical (unpaired) electrons. The first-order valence-electron chi connectivity index (χ1n) is 6.11. The number of ether oxygens (including phenoxy) is 1. The molecule has 0 aromatic rings. The lowest BCUT2D eigenvalue weighted by molar-refractivity contribution is -0.117. The van der Waals surface area contributed by atoms with Gasteiger partial charge >= 0.3 is 0 Å². The van der Waals surface area contributed by atoms with Gasteiger partial charge in [0.05, 0.1) is 6.61 Å². The lowest BCUT2D eigenvalue weighted by Crippen LogP contribution is -2.38. The third-order valence-corrected chi connectivity index (χ3v) is 3.70. The number of hydrogen-bond donors (Lipinski definition) is 0. The van der Waals surface area contributed by atoms with Crippen LogP contribution in [0.4, 0.5) is 0 Å². The number of rotatable bonds is 3. The summed E-state index contributed by atoms with van der Waals surface area (Å²) in [6.07, 6.45) is 6.95. The fourth-order valence-corrected chi connectivity index (χ4v) is 2.79. The van der Waals surface area contributed by atoms with Crippen molar-refractivity contribution in [2.45, 2.75) is 32.1 Å². The molecule has 1 heterocycles. The number of hydrogen-bond acceptors (Lipinski definition) is 3. The Labute approximate surface area is 91.8 Å². The van der Waals surface area contributed by atoms with E-state index in [1.165, 1.54) is 19.1 Å². The minimum Gasteiger partial charge on any atom is -0.380 e. The lowest BCUT2D eigenvalue weighted by atomic mass is 9.87. The van der Waals surface area contributed by atoms with Gasteiger partial charge in [-0.25, -0.2) is 0 Å². The van der Waals surface area contributed by atoms with Crippen molar-refractivity contribution in [1.82, 2.24) is 4.90 Å². The van der Waals surface area contributed by atoms with E-state index in [1.807, 2.05) is 0 Å². The van der Waals surface area contributed by atoms with Gasteiger partial charge in [0.25, 0.3) is 0 Å². The second kappa shape index (κ2) is 5.08. The molecule has 15 heavy (non-hydrogen) atoms. The normalized spacial score (nSPS) is 27.5. The molecule has 3 nitrogen and oxygen atoms in total. The molecule has 2 fully saturated rings. The molecule has 86 valence electrons. The third-order valence-electron chi connectivity index (χ3n) is 3.70. The van der Waals surface area contributed by atoms with Crippen LogP contribution in [0.5, 0.6) is 0 Å². The van der Waals surface area contributed by atoms with Gasteiger partial charge in [-0.15, -0.1) is 0 Å². The Morgan fingerprint density at radius 1 is 1.13 bits per heavy atom. The summed E-state index contributed by atoms with van der Waals surface area (Å²) in [5.41, 5.74) is -0.0235. The molecule has 0 amide bonds. The van der Waals surface area contributed by atoms with Gasteiger partial charge in [0.1, 0.15) is 6.29 Å². The molecule has 0 aromatic heterocycles. The van der Waals surface area contributed by atoms with Crippen LogP contribution >= 0.6 is 0 Å². The predicted octanol–water partition coefficient (Wildman–Crippen LogP) is 1.47. The minimum atomic E-state index is -0.0235. The summed E-state index contributed by atoms with van der Waals surface area (Å²) in [4.78, 5) is 13.6. The highest BCUT2D eigenvalue weighted by Gasteiger charge is 2.35. The zero-order valence-corrected chi connectivity index (χ0v) is 9.41. The standard InChI is InChI=1S/C12H21NO2/c14-11-12(4-1-2-5-12)10-13-6-3-8-15-9-7-13/h11H,1-10H2. The average molecular weight is 211 g/mol. The van der Waals surface area contributed by atoms with Crippen LogP contribution < -0.4 is 0 Å². The van der Waals surface area contributed by atoms with E-state index in [-0.39, 0.29) is 5.41 Å². The van der Waals surface area contributed by atoms with E-state index >= 15 is 0 Å². The summed E-state index contributed by atoms with van der Waals surface area (Å²) < 4.78 is 5.43. The van der Waals surface area contributed by atoms with E-state index in [9.17, 15) is 4.79 Å². The van der Waals surface area contributed by atoms with Gasteiger partial charge in [0.15, 0.2) is 0 Å². The first-order valence-corrected chi connectivity index (χ1v) is 6.11. The SMILES string of the molecule is O=CC1(CN2CCCOCC2)CCCC1. The van der Waals surface area contributed by atoms with Crippen molar-refractivity contribution < 1.29 is 9.53 Å². The predicted molar refractivity (Wildman–Crippen MR) is 58.8 cm³/mol. The van der Waals surface area contributed by atoms with Crippen LogP contribution in [-0.4, -0.2) is 44.0 Å². The highest BCUT2D eigenvalue weighted by atomic mass is 16.5. The first-order chi connectivity index (χ1) is 7.35. The Kier molecular flexibility index (Phi) is 3.76. The van der Waals surface area contributed by atoms with Crippen molar-refractivity contribution in [3.05, 3.63) is 0 Å². The van der Waals surface area contributed by atoms with Gasteiger partial charge < -0.3 is 9.53 Å². The summed E-state index contributed by atoms with van der Waals surface area (Å²) in [5, 5.41) is 0. The first kappa shape index (κ1) is 11.1. The minimum absolute atomic E-state index is 0.0235. The molecule has 2 rings (SSSR count). The fraction of sp³-hybridized carbons (Fsp3) is 0.917. The lowest BCUT2D eigenvalue weighted by Gasteiger charge is -2.29. The van der Waals surface area contributed by atoms with Crippen molar-refractivity contribution in [2.24, 2.45) is 5.41 Å². The van der Waals surface area contributed by atoms with Gasteiger partial charge in [0, 0.05) is 31.7 Å². The van der Waals surface area contributed by atoms with Crippen molar-refractivity contribution in [3.8, 4) is 0 Å². The van der Waals surface area contributed by atoms with E-state index in [2.05, 4.69) is 4.90 Å². The zero-order valence-electron chi connectivity index (χ0n) is 9.41. The maximum atomic E-state index is 11.2. The van der Waals surface area contributed by atoms with Crippen LogP contribution in [0.1, 0.15) is 32.1 Å². The van der Waals surface area contributed by atoms with Crippen molar-refractivity contribution in [2.75, 3.05) is 32.8 Å². The van der Waals surface area contributed by atoms with Gasteiger partial charge in [-0.3, -0.25) is 4.90 Å². The Hall–Kier alpha value is -0.410. The molecule has 1 saturated heterocycles. The number of carbonyl (C=O) groups is 1. The summed E-state index contributed by atoms with van der Waals surface area (Å²) in [6.45, 7) is 4.75. The monoisotopic (exact) mass is 211 g/mol. The van der Waals surface area contributed by atoms with Crippen LogP contribution in [0.25, 0.3) is 0 Å². The summed E-state index contributed by atoms with van der Waals surface area (Å²) in [7, 11) is 0. The van der Waals surface area contributed by atoms with Gasteiger partial charge in [-0.05, 0) is 19.3 Å². The largest absolute Gasteiger partial charge is 0.380 e. The highest BCUT2D eigenvalue weighted by molar-refractivity contribution is 5.60. The molecule has 1 aliphatic carbocycles. The van der Waals surface area contributed by atoms with Crippen LogP contribution in [0.2, 0.25) is 0 Å². The summed E-state index contributed by atoms with van der Waals surface area (Å²) in [6, 6.07) is 0. The van der Waals surface area contributed by atoms with Gasteiger partial charge in [-0.1, -0.05) is 12.8 Å². The van der Waals surface area contributed by atoms with E-state index in [4.69, 9.17) is 4.74 Å². The highest BCUT2D eigenvalue weighted by Crippen LogP contribution is 2.36. The topological polar surface area (TPSA) is 29.5 Å². The molecule has 2 aliphatic rings. The van der Waals surface area contributed by atoms with E-state index in [0.717, 1.165) is 52.1 Å². The van der Waals surface area contributed by atoms with E-state index in [0.29, 0.717) is 0 Å². The van der Waals surface area contributed by atoms with Crippen LogP contribution in [0, 0.1) is 5.41 Å². The summed E-state index contributed by atoms with van der Waals surface area (Å²) in [5.74, 6) is 0. The third kappa shape index (κ3) is 2.79. The van der Waals surface area contributed by atoms with Crippen LogP contribution in [-0.2, 0) is 9.53 Å². The van der Waals surface area contributed by atoms with Crippen molar-refractivity contribution in [3.63, 3.8) is 0 Å². The van der Waals surface area contributed by atoms with Crippen molar-refractivity contribution in [1.29, 1.82) is 0 Å².